The lowest BCUT2D eigenvalue weighted by atomic mass is 10.2. The lowest BCUT2D eigenvalue weighted by Gasteiger charge is -2.14. The van der Waals surface area contributed by atoms with Gasteiger partial charge in [-0.2, -0.15) is 0 Å². The molecule has 0 saturated heterocycles. The molecule has 0 atom stereocenters. The number of halogens is 2. The fraction of sp³-hybridized carbons (Fsp3) is 0.222. The number of nitro groups is 1. The average molecular weight is 275 g/mol. The van der Waals surface area contributed by atoms with E-state index in [4.69, 9.17) is 23.2 Å². The van der Waals surface area contributed by atoms with Crippen LogP contribution < -0.4 is 5.43 Å². The van der Waals surface area contributed by atoms with Gasteiger partial charge >= 0.3 is 0 Å². The van der Waals surface area contributed by atoms with E-state index in [1.165, 1.54) is 12.1 Å². The molecule has 1 aromatic carbocycles. The minimum absolute atomic E-state index is 0.0542. The summed E-state index contributed by atoms with van der Waals surface area (Å²) in [5.41, 5.74) is 3.34. The van der Waals surface area contributed by atoms with E-state index in [0.717, 1.165) is 0 Å². The molecular formula is C9H8Cl2N4O2. The van der Waals surface area contributed by atoms with E-state index in [-0.39, 0.29) is 10.7 Å². The predicted molar refractivity (Wildman–Crippen MR) is 65.2 cm³/mol. The monoisotopic (exact) mass is 274 g/mol. The van der Waals surface area contributed by atoms with Crippen molar-refractivity contribution >= 4 is 35.2 Å². The van der Waals surface area contributed by atoms with E-state index in [2.05, 4.69) is 10.4 Å². The Morgan fingerprint density at radius 2 is 2.18 bits per heavy atom. The molecule has 0 amide bonds. The van der Waals surface area contributed by atoms with Crippen LogP contribution in [0.25, 0.3) is 0 Å². The third-order valence-corrected chi connectivity index (χ3v) is 2.97. The lowest BCUT2D eigenvalue weighted by Crippen LogP contribution is -2.31. The van der Waals surface area contributed by atoms with Gasteiger partial charge in [0.2, 0.25) is 0 Å². The van der Waals surface area contributed by atoms with Gasteiger partial charge in [0.05, 0.1) is 27.1 Å². The van der Waals surface area contributed by atoms with Crippen molar-refractivity contribution in [1.29, 1.82) is 0 Å². The second-order valence-electron chi connectivity index (χ2n) is 3.39. The van der Waals surface area contributed by atoms with Crippen LogP contribution in [0, 0.1) is 10.1 Å². The highest BCUT2D eigenvalue weighted by Gasteiger charge is 2.19. The largest absolute Gasteiger partial charge is 0.292 e. The molecule has 0 unspecified atom stereocenters. The van der Waals surface area contributed by atoms with Gasteiger partial charge in [0.15, 0.2) is 0 Å². The van der Waals surface area contributed by atoms with Crippen LogP contribution in [0.15, 0.2) is 17.1 Å². The summed E-state index contributed by atoms with van der Waals surface area (Å²) >= 11 is 11.6. The lowest BCUT2D eigenvalue weighted by molar-refractivity contribution is -0.385. The molecule has 0 fully saturated rings. The molecule has 6 nitrogen and oxygen atoms in total. The van der Waals surface area contributed by atoms with E-state index in [1.54, 1.807) is 11.3 Å². The third kappa shape index (κ3) is 2.66. The Morgan fingerprint density at radius 3 is 2.76 bits per heavy atom. The van der Waals surface area contributed by atoms with Gasteiger partial charge in [0, 0.05) is 6.07 Å². The second-order valence-corrected chi connectivity index (χ2v) is 4.21. The normalized spacial score (nSPS) is 14.4. The van der Waals surface area contributed by atoms with E-state index < -0.39 is 4.92 Å². The molecule has 0 saturated carbocycles. The molecule has 1 aliphatic rings. The van der Waals surface area contributed by atoms with Gasteiger partial charge in [-0.15, -0.1) is 0 Å². The highest BCUT2D eigenvalue weighted by atomic mass is 35.5. The van der Waals surface area contributed by atoms with Crippen LogP contribution in [0.3, 0.4) is 0 Å². The maximum atomic E-state index is 10.9. The zero-order chi connectivity index (χ0) is 12.4. The second kappa shape index (κ2) is 4.87. The van der Waals surface area contributed by atoms with Crippen molar-refractivity contribution in [2.75, 3.05) is 6.67 Å². The summed E-state index contributed by atoms with van der Waals surface area (Å²) < 4.78 is 0. The highest BCUT2D eigenvalue weighted by Crippen LogP contribution is 2.31. The van der Waals surface area contributed by atoms with Gasteiger partial charge in [-0.25, -0.2) is 5.43 Å². The first kappa shape index (κ1) is 12.1. The van der Waals surface area contributed by atoms with E-state index >= 15 is 0 Å². The molecule has 0 spiro atoms. The molecule has 1 N–H and O–H groups in total. The Balaban J connectivity index is 2.33. The molecule has 0 aromatic heterocycles. The first-order valence-corrected chi connectivity index (χ1v) is 5.46. The van der Waals surface area contributed by atoms with Crippen LogP contribution in [-0.4, -0.2) is 22.9 Å². The standard InChI is InChI=1S/C9H8Cl2N4O2/c10-7-1-6(3-14-5-12-4-13-14)9(15(16)17)2-8(7)11/h1-2,5,13H,3-4H2. The summed E-state index contributed by atoms with van der Waals surface area (Å²) in [5, 5.41) is 13.0. The number of aliphatic imine (C=N–C) groups is 1. The van der Waals surface area contributed by atoms with Crippen molar-refractivity contribution < 1.29 is 4.92 Å². The fourth-order valence-electron chi connectivity index (χ4n) is 1.47. The van der Waals surface area contributed by atoms with Crippen LogP contribution in [0.4, 0.5) is 5.69 Å². The van der Waals surface area contributed by atoms with Gasteiger partial charge < -0.3 is 0 Å². The maximum absolute atomic E-state index is 10.9. The van der Waals surface area contributed by atoms with Crippen LogP contribution in [0.2, 0.25) is 10.0 Å². The Labute approximate surface area is 107 Å². The number of hydrazine groups is 1. The van der Waals surface area contributed by atoms with Crippen LogP contribution in [0.5, 0.6) is 0 Å². The van der Waals surface area contributed by atoms with E-state index in [1.807, 2.05) is 0 Å². The zero-order valence-corrected chi connectivity index (χ0v) is 10.1. The molecule has 0 aliphatic carbocycles. The van der Waals surface area contributed by atoms with Gasteiger partial charge in [0.1, 0.15) is 13.0 Å². The van der Waals surface area contributed by atoms with E-state index in [9.17, 15) is 10.1 Å². The topological polar surface area (TPSA) is 70.8 Å². The summed E-state index contributed by atoms with van der Waals surface area (Å²) in [5.74, 6) is 0. The Bertz CT molecular complexity index is 492. The van der Waals surface area contributed by atoms with Crippen LogP contribution in [0.1, 0.15) is 5.56 Å². The number of rotatable bonds is 3. The van der Waals surface area contributed by atoms with Gasteiger partial charge in [-0.05, 0) is 6.07 Å². The molecule has 17 heavy (non-hydrogen) atoms. The molecule has 0 bridgehead atoms. The highest BCUT2D eigenvalue weighted by molar-refractivity contribution is 6.42. The molecule has 1 aromatic rings. The number of nitrogens with one attached hydrogen (secondary N) is 1. The third-order valence-electron chi connectivity index (χ3n) is 2.25. The number of hydrogen-bond acceptors (Lipinski definition) is 5. The van der Waals surface area contributed by atoms with Crippen molar-refractivity contribution in [3.63, 3.8) is 0 Å². The summed E-state index contributed by atoms with van der Waals surface area (Å²) in [7, 11) is 0. The fourth-order valence-corrected chi connectivity index (χ4v) is 1.81. The van der Waals surface area contributed by atoms with Crippen molar-refractivity contribution in [3.8, 4) is 0 Å². The van der Waals surface area contributed by atoms with Crippen LogP contribution >= 0.6 is 23.2 Å². The minimum atomic E-state index is -0.481. The zero-order valence-electron chi connectivity index (χ0n) is 8.56. The van der Waals surface area contributed by atoms with Crippen molar-refractivity contribution in [1.82, 2.24) is 10.4 Å². The van der Waals surface area contributed by atoms with Gasteiger partial charge in [-0.3, -0.25) is 20.1 Å². The number of hydrogen-bond donors (Lipinski definition) is 1. The summed E-state index contributed by atoms with van der Waals surface area (Å²) in [6, 6.07) is 2.75. The summed E-state index contributed by atoms with van der Waals surface area (Å²) in [6.45, 7) is 0.770. The molecular weight excluding hydrogens is 267 g/mol. The summed E-state index contributed by atoms with van der Waals surface area (Å²) in [6.07, 6.45) is 1.58. The van der Waals surface area contributed by atoms with Crippen molar-refractivity contribution in [2.45, 2.75) is 6.54 Å². The first-order valence-electron chi connectivity index (χ1n) is 4.70. The Morgan fingerprint density at radius 1 is 1.47 bits per heavy atom. The smallest absolute Gasteiger partial charge is 0.276 e. The Kier molecular flexibility index (Phi) is 3.46. The molecule has 8 heteroatoms. The van der Waals surface area contributed by atoms with Crippen molar-refractivity contribution in [3.05, 3.63) is 37.9 Å². The maximum Gasteiger partial charge on any atom is 0.276 e. The van der Waals surface area contributed by atoms with Gasteiger partial charge in [-0.1, -0.05) is 23.2 Å². The molecule has 1 aliphatic heterocycles. The number of nitro benzene ring substituents is 1. The van der Waals surface area contributed by atoms with Gasteiger partial charge in [0.25, 0.3) is 5.69 Å². The molecule has 0 radical (unpaired) electrons. The average Bonchev–Trinajstić information content (AvgIpc) is 2.75. The quantitative estimate of drug-likeness (QED) is 0.678. The molecule has 1 heterocycles. The molecule has 90 valence electrons. The molecule has 2 rings (SSSR count). The van der Waals surface area contributed by atoms with E-state index in [0.29, 0.717) is 23.8 Å². The number of benzene rings is 1. The summed E-state index contributed by atoms with van der Waals surface area (Å²) in [4.78, 5) is 14.3. The van der Waals surface area contributed by atoms with Crippen LogP contribution in [-0.2, 0) is 6.54 Å². The number of nitrogens with zero attached hydrogens (tertiary/aromatic N) is 3. The van der Waals surface area contributed by atoms with Crippen molar-refractivity contribution in [2.24, 2.45) is 4.99 Å². The first-order chi connectivity index (χ1) is 8.08. The Hall–Kier alpha value is -1.37. The minimum Gasteiger partial charge on any atom is -0.292 e. The SMILES string of the molecule is O=[N+]([O-])c1cc(Cl)c(Cl)cc1CN1C=NCN1. The predicted octanol–water partition coefficient (Wildman–Crippen LogP) is 2.21.